The van der Waals surface area contributed by atoms with Crippen LogP contribution in [0.2, 0.25) is 0 Å². The van der Waals surface area contributed by atoms with E-state index in [0.717, 1.165) is 10.5 Å². The first-order valence-corrected chi connectivity index (χ1v) is 4.88. The summed E-state index contributed by atoms with van der Waals surface area (Å²) in [7, 11) is 0. The number of hydrogen-bond acceptors (Lipinski definition) is 2. The van der Waals surface area contributed by atoms with Crippen LogP contribution in [0.5, 0.6) is 0 Å². The van der Waals surface area contributed by atoms with Gasteiger partial charge in [0.2, 0.25) is 0 Å². The first-order valence-electron chi connectivity index (χ1n) is 3.94. The van der Waals surface area contributed by atoms with E-state index in [2.05, 4.69) is 23.9 Å². The largest absolute Gasteiger partial charge is 0.327 e. The molecule has 0 aromatic heterocycles. The molecule has 1 fully saturated rings. The van der Waals surface area contributed by atoms with Gasteiger partial charge in [-0.3, -0.25) is 0 Å². The van der Waals surface area contributed by atoms with E-state index in [0.29, 0.717) is 6.04 Å². The number of hydrogen-bond donors (Lipinski definition) is 1. The number of nitrogens with two attached hydrogens (primary N) is 1. The summed E-state index contributed by atoms with van der Waals surface area (Å²) in [5.74, 6) is 0. The van der Waals surface area contributed by atoms with Gasteiger partial charge in [0.1, 0.15) is 0 Å². The van der Waals surface area contributed by atoms with Gasteiger partial charge in [-0.05, 0) is 19.3 Å². The van der Waals surface area contributed by atoms with Crippen molar-refractivity contribution in [2.45, 2.75) is 35.8 Å². The minimum absolute atomic E-state index is 0.464. The van der Waals surface area contributed by atoms with E-state index >= 15 is 0 Å². The first kappa shape index (κ1) is 6.74. The highest BCUT2D eigenvalue weighted by Gasteiger charge is 2.28. The van der Waals surface area contributed by atoms with Crippen molar-refractivity contribution in [3.8, 4) is 0 Å². The summed E-state index contributed by atoms with van der Waals surface area (Å²) in [6.45, 7) is 0. The van der Waals surface area contributed by atoms with Crippen LogP contribution in [0, 0.1) is 0 Å². The van der Waals surface area contributed by atoms with Gasteiger partial charge in [-0.15, -0.1) is 11.8 Å². The molecular weight excluding hydrogens is 142 g/mol. The monoisotopic (exact) mass is 155 g/mol. The van der Waals surface area contributed by atoms with Crippen molar-refractivity contribution in [1.29, 1.82) is 0 Å². The molecule has 56 valence electrons. The molecule has 0 aromatic rings. The average molecular weight is 155 g/mol. The molecule has 2 rings (SSSR count). The molecular formula is C8H13NS. The molecule has 2 N–H and O–H groups in total. The van der Waals surface area contributed by atoms with Crippen molar-refractivity contribution >= 4 is 11.8 Å². The maximum atomic E-state index is 5.93. The van der Waals surface area contributed by atoms with Crippen LogP contribution in [-0.4, -0.2) is 16.5 Å². The summed E-state index contributed by atoms with van der Waals surface area (Å²) in [6, 6.07) is 0.464. The van der Waals surface area contributed by atoms with E-state index in [4.69, 9.17) is 5.73 Å². The Kier molecular flexibility index (Phi) is 1.75. The van der Waals surface area contributed by atoms with Gasteiger partial charge in [-0.25, -0.2) is 0 Å². The molecule has 0 saturated carbocycles. The van der Waals surface area contributed by atoms with Crippen LogP contribution in [0.25, 0.3) is 0 Å². The molecule has 0 spiro atoms. The van der Waals surface area contributed by atoms with Gasteiger partial charge in [0.25, 0.3) is 0 Å². The number of thioether (sulfide) groups is 1. The molecule has 2 heterocycles. The van der Waals surface area contributed by atoms with Crippen molar-refractivity contribution < 1.29 is 0 Å². The number of fused-ring (bicyclic) bond motifs is 2. The van der Waals surface area contributed by atoms with Crippen LogP contribution in [0.15, 0.2) is 12.2 Å². The van der Waals surface area contributed by atoms with Gasteiger partial charge in [-0.2, -0.15) is 0 Å². The van der Waals surface area contributed by atoms with Crippen LogP contribution in [0.1, 0.15) is 19.3 Å². The summed E-state index contributed by atoms with van der Waals surface area (Å²) in [4.78, 5) is 0. The Balaban J connectivity index is 2.11. The minimum atomic E-state index is 0.464. The molecule has 2 bridgehead atoms. The molecule has 2 aliphatic rings. The van der Waals surface area contributed by atoms with Crippen LogP contribution in [-0.2, 0) is 0 Å². The lowest BCUT2D eigenvalue weighted by atomic mass is 10.00. The van der Waals surface area contributed by atoms with E-state index < -0.39 is 0 Å². The van der Waals surface area contributed by atoms with E-state index in [9.17, 15) is 0 Å². The third kappa shape index (κ3) is 1.10. The molecule has 0 unspecified atom stereocenters. The lowest BCUT2D eigenvalue weighted by Gasteiger charge is -2.34. The highest BCUT2D eigenvalue weighted by Crippen LogP contribution is 2.36. The Morgan fingerprint density at radius 2 is 2.30 bits per heavy atom. The van der Waals surface area contributed by atoms with E-state index in [1.165, 1.54) is 19.3 Å². The smallest absolute Gasteiger partial charge is 0.0239 e. The van der Waals surface area contributed by atoms with Crippen molar-refractivity contribution in [3.63, 3.8) is 0 Å². The summed E-state index contributed by atoms with van der Waals surface area (Å²) in [5, 5.41) is 1.52. The summed E-state index contributed by atoms with van der Waals surface area (Å²) in [6.07, 6.45) is 8.35. The topological polar surface area (TPSA) is 26.0 Å². The zero-order valence-corrected chi connectivity index (χ0v) is 6.81. The standard InChI is InChI=1S/C8H13NS/c9-7-5-4-6-2-1-3-8(7)10-6/h1-2,6-8H,3-5,9H2/t6-,7+,8+/m0/s1. The maximum Gasteiger partial charge on any atom is 0.0239 e. The predicted octanol–water partition coefficient (Wildman–Crippen LogP) is 1.54. The van der Waals surface area contributed by atoms with E-state index in [-0.39, 0.29) is 0 Å². The molecule has 0 amide bonds. The second-order valence-electron chi connectivity index (χ2n) is 3.12. The van der Waals surface area contributed by atoms with Gasteiger partial charge < -0.3 is 5.73 Å². The highest BCUT2D eigenvalue weighted by atomic mass is 32.2. The Labute approximate surface area is 66.1 Å². The number of allylic oxidation sites excluding steroid dienone is 1. The molecule has 1 nitrogen and oxygen atoms in total. The summed E-state index contributed by atoms with van der Waals surface area (Å²) >= 11 is 2.07. The molecule has 0 aromatic carbocycles. The second kappa shape index (κ2) is 2.59. The lowest BCUT2D eigenvalue weighted by Crippen LogP contribution is -2.39. The molecule has 3 atom stereocenters. The summed E-state index contributed by atoms with van der Waals surface area (Å²) < 4.78 is 0. The van der Waals surface area contributed by atoms with Gasteiger partial charge in [0, 0.05) is 16.5 Å². The van der Waals surface area contributed by atoms with E-state index in [1.54, 1.807) is 0 Å². The highest BCUT2D eigenvalue weighted by molar-refractivity contribution is 8.00. The van der Waals surface area contributed by atoms with Crippen molar-refractivity contribution in [2.24, 2.45) is 5.73 Å². The Hall–Kier alpha value is 0.0500. The quantitative estimate of drug-likeness (QED) is 0.537. The number of rotatable bonds is 0. The fourth-order valence-electron chi connectivity index (χ4n) is 1.67. The normalized spacial score (nSPS) is 45.5. The molecule has 2 aliphatic heterocycles. The van der Waals surface area contributed by atoms with Crippen LogP contribution < -0.4 is 5.73 Å². The Bertz CT molecular complexity index is 155. The van der Waals surface area contributed by atoms with Gasteiger partial charge in [0.05, 0.1) is 0 Å². The predicted molar refractivity (Wildman–Crippen MR) is 46.1 cm³/mol. The lowest BCUT2D eigenvalue weighted by molar-refractivity contribution is 0.535. The Morgan fingerprint density at radius 3 is 3.10 bits per heavy atom. The van der Waals surface area contributed by atoms with Gasteiger partial charge in [-0.1, -0.05) is 12.2 Å². The maximum absolute atomic E-state index is 5.93. The zero-order valence-electron chi connectivity index (χ0n) is 5.99. The zero-order chi connectivity index (χ0) is 6.97. The van der Waals surface area contributed by atoms with Gasteiger partial charge >= 0.3 is 0 Å². The van der Waals surface area contributed by atoms with Crippen molar-refractivity contribution in [3.05, 3.63) is 12.2 Å². The van der Waals surface area contributed by atoms with E-state index in [1.807, 2.05) is 0 Å². The second-order valence-corrected chi connectivity index (χ2v) is 4.60. The van der Waals surface area contributed by atoms with Crippen LogP contribution >= 0.6 is 11.8 Å². The fourth-order valence-corrected chi connectivity index (χ4v) is 3.16. The molecule has 1 saturated heterocycles. The first-order chi connectivity index (χ1) is 4.86. The SMILES string of the molecule is N[C@@H]1CC[C@@H]2C=CC[C@H]1S2. The third-order valence-corrected chi connectivity index (χ3v) is 3.96. The van der Waals surface area contributed by atoms with Gasteiger partial charge in [0.15, 0.2) is 0 Å². The molecule has 2 heteroatoms. The van der Waals surface area contributed by atoms with Crippen LogP contribution in [0.3, 0.4) is 0 Å². The van der Waals surface area contributed by atoms with Crippen LogP contribution in [0.4, 0.5) is 0 Å². The van der Waals surface area contributed by atoms with Crippen molar-refractivity contribution in [1.82, 2.24) is 0 Å². The molecule has 0 aliphatic carbocycles. The molecule has 10 heavy (non-hydrogen) atoms. The average Bonchev–Trinajstić information content (AvgIpc) is 1.99. The van der Waals surface area contributed by atoms with Crippen molar-refractivity contribution in [2.75, 3.05) is 0 Å². The summed E-state index contributed by atoms with van der Waals surface area (Å²) in [5.41, 5.74) is 5.93. The molecule has 0 radical (unpaired) electrons. The third-order valence-electron chi connectivity index (χ3n) is 2.33. The Morgan fingerprint density at radius 1 is 1.40 bits per heavy atom. The fraction of sp³-hybridized carbons (Fsp3) is 0.750. The minimum Gasteiger partial charge on any atom is -0.327 e.